The molecule has 0 saturated carbocycles. The van der Waals surface area contributed by atoms with Crippen LogP contribution in [-0.2, 0) is 15.6 Å². The van der Waals surface area contributed by atoms with Gasteiger partial charge in [-0.15, -0.1) is 13.2 Å². The fourth-order valence-corrected chi connectivity index (χ4v) is 4.09. The van der Waals surface area contributed by atoms with Crippen LogP contribution in [0.2, 0.25) is 0 Å². The summed E-state index contributed by atoms with van der Waals surface area (Å²) in [4.78, 5) is 0.498. The van der Waals surface area contributed by atoms with E-state index in [4.69, 9.17) is 13.0 Å². The fraction of sp³-hybridized carbons (Fsp3) is 0.429. The Morgan fingerprint density at radius 2 is 1.52 bits per heavy atom. The van der Waals surface area contributed by atoms with E-state index in [1.165, 1.54) is 0 Å². The molecule has 1 unspecified atom stereocenters. The number of hydrogen-bond donors (Lipinski definition) is 0. The van der Waals surface area contributed by atoms with E-state index in [0.29, 0.717) is 9.58 Å². The highest BCUT2D eigenvalue weighted by Gasteiger charge is 2.48. The first-order valence-corrected chi connectivity index (χ1v) is 9.34. The molecule has 11 heteroatoms. The van der Waals surface area contributed by atoms with Gasteiger partial charge in [0.25, 0.3) is 0 Å². The zero-order chi connectivity index (χ0) is 19.8. The molecule has 1 atom stereocenters. The highest BCUT2D eigenvalue weighted by Crippen LogP contribution is 2.53. The lowest BCUT2D eigenvalue weighted by atomic mass is 10.1. The standard InChI is InChI=1S/C13H14F3S.CHF3O3S/c1-8(2)11-7-10-5-4-9(3)6-12(10)17(11)13(14,15)16;2-1(3,4)8(5,6)7/h4-8H,1-3H3;(H,5,6,7)/q+1;/p-1. The minimum Gasteiger partial charge on any atom is -0.741 e. The number of hydrogen-bond acceptors (Lipinski definition) is 3. The van der Waals surface area contributed by atoms with Crippen molar-refractivity contribution in [3.63, 3.8) is 0 Å². The summed E-state index contributed by atoms with van der Waals surface area (Å²) < 4.78 is 98.8. The molecule has 0 saturated heterocycles. The van der Waals surface area contributed by atoms with Crippen molar-refractivity contribution in [3.05, 3.63) is 34.7 Å². The maximum Gasteiger partial charge on any atom is 0.600 e. The first kappa shape index (κ1) is 21.7. The van der Waals surface area contributed by atoms with Crippen molar-refractivity contribution in [3.8, 4) is 0 Å². The molecule has 0 aliphatic rings. The third-order valence-electron chi connectivity index (χ3n) is 3.01. The van der Waals surface area contributed by atoms with Crippen LogP contribution >= 0.6 is 10.5 Å². The van der Waals surface area contributed by atoms with Gasteiger partial charge in [-0.05, 0) is 18.6 Å². The summed E-state index contributed by atoms with van der Waals surface area (Å²) in [5.74, 6) is -0.0762. The highest BCUT2D eigenvalue weighted by molar-refractivity contribution is 7.86. The molecule has 0 aliphatic carbocycles. The van der Waals surface area contributed by atoms with E-state index in [-0.39, 0.29) is 5.92 Å². The number of rotatable bonds is 1. The third kappa shape index (κ3) is 5.32. The average molecular weight is 408 g/mol. The first-order chi connectivity index (χ1) is 11.1. The van der Waals surface area contributed by atoms with Gasteiger partial charge in [-0.1, -0.05) is 19.9 Å². The number of fused-ring (bicyclic) bond motifs is 1. The molecule has 25 heavy (non-hydrogen) atoms. The molecule has 2 aromatic rings. The lowest BCUT2D eigenvalue weighted by Crippen LogP contribution is -2.21. The van der Waals surface area contributed by atoms with Crippen LogP contribution in [0.15, 0.2) is 24.3 Å². The second-order valence-corrected chi connectivity index (χ2v) is 8.75. The van der Waals surface area contributed by atoms with Gasteiger partial charge >= 0.3 is 11.0 Å². The van der Waals surface area contributed by atoms with Crippen molar-refractivity contribution >= 4 is 30.7 Å². The number of halogens is 6. The molecule has 1 aromatic heterocycles. The maximum absolute atomic E-state index is 13.2. The molecule has 0 radical (unpaired) electrons. The Morgan fingerprint density at radius 3 is 1.88 bits per heavy atom. The molecule has 0 aliphatic heterocycles. The molecule has 2 rings (SSSR count). The summed E-state index contributed by atoms with van der Waals surface area (Å²) in [5, 5.41) is 0.722. The van der Waals surface area contributed by atoms with Crippen molar-refractivity contribution in [2.24, 2.45) is 0 Å². The number of aryl methyl sites for hydroxylation is 1. The van der Waals surface area contributed by atoms with E-state index < -0.39 is 31.6 Å². The Hall–Kier alpha value is -1.33. The summed E-state index contributed by atoms with van der Waals surface area (Å²) in [5.41, 5.74) is -8.94. The zero-order valence-electron chi connectivity index (χ0n) is 13.2. The number of benzene rings is 1. The average Bonchev–Trinajstić information content (AvgIpc) is 2.75. The molecule has 1 heterocycles. The Morgan fingerprint density at radius 1 is 1.04 bits per heavy atom. The van der Waals surface area contributed by atoms with Crippen LogP contribution in [0.5, 0.6) is 0 Å². The van der Waals surface area contributed by atoms with Gasteiger partial charge in [0.2, 0.25) is 0 Å². The third-order valence-corrected chi connectivity index (χ3v) is 5.89. The maximum atomic E-state index is 13.2. The van der Waals surface area contributed by atoms with Gasteiger partial charge in [0, 0.05) is 23.4 Å². The van der Waals surface area contributed by atoms with E-state index in [1.807, 2.05) is 26.8 Å². The second kappa shape index (κ2) is 7.12. The minimum atomic E-state index is -6.09. The second-order valence-electron chi connectivity index (χ2n) is 5.39. The fourth-order valence-electron chi connectivity index (χ4n) is 1.94. The Kier molecular flexibility index (Phi) is 6.18. The molecule has 0 amide bonds. The molecule has 0 N–H and O–H groups in total. The Balaban J connectivity index is 0.000000333. The summed E-state index contributed by atoms with van der Waals surface area (Å²) >= 11 is 0. The molecule has 0 bridgehead atoms. The predicted molar refractivity (Wildman–Crippen MR) is 82.3 cm³/mol. The normalized spacial score (nSPS) is 13.8. The van der Waals surface area contributed by atoms with Crippen LogP contribution in [0.1, 0.15) is 30.2 Å². The van der Waals surface area contributed by atoms with Crippen molar-refractivity contribution in [1.82, 2.24) is 0 Å². The van der Waals surface area contributed by atoms with E-state index in [9.17, 15) is 26.3 Å². The van der Waals surface area contributed by atoms with Crippen LogP contribution < -0.4 is 0 Å². The van der Waals surface area contributed by atoms with Crippen molar-refractivity contribution < 1.29 is 39.3 Å². The molecule has 142 valence electrons. The van der Waals surface area contributed by atoms with Gasteiger partial charge in [-0.3, -0.25) is 0 Å². The summed E-state index contributed by atoms with van der Waals surface area (Å²) in [7, 11) is -7.83. The number of alkyl halides is 6. The monoisotopic (exact) mass is 408 g/mol. The molecule has 1 aromatic carbocycles. The largest absolute Gasteiger partial charge is 0.741 e. The van der Waals surface area contributed by atoms with Crippen molar-refractivity contribution in [2.75, 3.05) is 0 Å². The van der Waals surface area contributed by atoms with Crippen LogP contribution in [0.3, 0.4) is 0 Å². The van der Waals surface area contributed by atoms with Gasteiger partial charge in [-0.2, -0.15) is 13.2 Å². The van der Waals surface area contributed by atoms with Crippen molar-refractivity contribution in [2.45, 2.75) is 37.7 Å². The summed E-state index contributed by atoms with van der Waals surface area (Å²) in [6, 6.07) is 7.01. The van der Waals surface area contributed by atoms with E-state index in [1.54, 1.807) is 18.2 Å². The first-order valence-electron chi connectivity index (χ1n) is 6.71. The molecule has 0 spiro atoms. The number of thiophene rings is 1. The minimum absolute atomic E-state index is 0.0762. The quantitative estimate of drug-likeness (QED) is 0.269. The highest BCUT2D eigenvalue weighted by atomic mass is 32.2. The molecule has 3 nitrogen and oxygen atoms in total. The van der Waals surface area contributed by atoms with Gasteiger partial charge in [0.15, 0.2) is 19.7 Å². The Bertz CT molecular complexity index is 848. The van der Waals surface area contributed by atoms with E-state index in [0.717, 1.165) is 10.9 Å². The topological polar surface area (TPSA) is 57.2 Å². The van der Waals surface area contributed by atoms with E-state index in [2.05, 4.69) is 0 Å². The van der Waals surface area contributed by atoms with Gasteiger partial charge in [-0.25, -0.2) is 8.42 Å². The van der Waals surface area contributed by atoms with Crippen LogP contribution in [0.4, 0.5) is 26.3 Å². The lowest BCUT2D eigenvalue weighted by Gasteiger charge is -2.08. The van der Waals surface area contributed by atoms with Gasteiger partial charge in [0.05, 0.1) is 10.5 Å². The van der Waals surface area contributed by atoms with Crippen molar-refractivity contribution in [1.29, 1.82) is 0 Å². The Labute approximate surface area is 143 Å². The smallest absolute Gasteiger partial charge is 0.600 e. The molecular formula is C14H14F6O3S2. The SMILES string of the molecule is Cc1ccc2cc(C(C)C)[s+](C(F)(F)F)c2c1.O=S(=O)([O-])C(F)(F)F. The van der Waals surface area contributed by atoms with Crippen LogP contribution in [0, 0.1) is 6.92 Å². The van der Waals surface area contributed by atoms with E-state index >= 15 is 0 Å². The molecular weight excluding hydrogens is 394 g/mol. The van der Waals surface area contributed by atoms with Gasteiger partial charge < -0.3 is 4.55 Å². The van der Waals surface area contributed by atoms with Crippen LogP contribution in [0.25, 0.3) is 10.1 Å². The summed E-state index contributed by atoms with van der Waals surface area (Å²) in [6.45, 7) is 5.46. The lowest BCUT2D eigenvalue weighted by molar-refractivity contribution is -0.0868. The van der Waals surface area contributed by atoms with Crippen LogP contribution in [-0.4, -0.2) is 18.5 Å². The predicted octanol–water partition coefficient (Wildman–Crippen LogP) is 5.55. The van der Waals surface area contributed by atoms with Gasteiger partial charge in [0.1, 0.15) is 0 Å². The molecule has 0 fully saturated rings. The zero-order valence-corrected chi connectivity index (χ0v) is 14.8. The summed E-state index contributed by atoms with van der Waals surface area (Å²) in [6.07, 6.45) is 0.